The Kier molecular flexibility index (Phi) is 6.52. The van der Waals surface area contributed by atoms with Crippen molar-refractivity contribution in [1.29, 1.82) is 0 Å². The Labute approximate surface area is 105 Å². The van der Waals surface area contributed by atoms with Crippen LogP contribution < -0.4 is 10.6 Å². The number of carbonyl (C=O) groups excluding carboxylic acids is 1. The van der Waals surface area contributed by atoms with Crippen molar-refractivity contribution < 1.29 is 4.79 Å². The number of hydrogen-bond acceptors (Lipinski definition) is 3. The van der Waals surface area contributed by atoms with Gasteiger partial charge in [0.05, 0.1) is 0 Å². The molecule has 0 aromatic heterocycles. The summed E-state index contributed by atoms with van der Waals surface area (Å²) in [4.78, 5) is 13.8. The summed E-state index contributed by atoms with van der Waals surface area (Å²) in [5.41, 5.74) is 0. The normalized spacial score (nSPS) is 25.8. The maximum atomic E-state index is 11.4. The molecule has 0 bridgehead atoms. The molecule has 100 valence electrons. The molecule has 0 saturated carbocycles. The van der Waals surface area contributed by atoms with Crippen molar-refractivity contribution in [2.24, 2.45) is 0 Å². The van der Waals surface area contributed by atoms with Gasteiger partial charge >= 0.3 is 0 Å². The van der Waals surface area contributed by atoms with Gasteiger partial charge in [-0.05, 0) is 39.8 Å². The van der Waals surface area contributed by atoms with Crippen LogP contribution in [0.2, 0.25) is 0 Å². The summed E-state index contributed by atoms with van der Waals surface area (Å²) in [5, 5.41) is 6.39. The fourth-order valence-corrected chi connectivity index (χ4v) is 2.22. The number of amides is 1. The van der Waals surface area contributed by atoms with E-state index in [0.717, 1.165) is 26.1 Å². The lowest BCUT2D eigenvalue weighted by molar-refractivity contribution is -0.121. The highest BCUT2D eigenvalue weighted by Crippen LogP contribution is 2.14. The Hall–Kier alpha value is -0.610. The maximum absolute atomic E-state index is 11.4. The van der Waals surface area contributed by atoms with E-state index in [2.05, 4.69) is 36.4 Å². The average Bonchev–Trinajstić information content (AvgIpc) is 2.31. The highest BCUT2D eigenvalue weighted by Gasteiger charge is 2.21. The predicted octanol–water partition coefficient (Wildman–Crippen LogP) is 0.975. The van der Waals surface area contributed by atoms with E-state index in [0.29, 0.717) is 18.5 Å². The number of piperidine rings is 1. The van der Waals surface area contributed by atoms with E-state index in [-0.39, 0.29) is 5.91 Å². The summed E-state index contributed by atoms with van der Waals surface area (Å²) in [6, 6.07) is 1.23. The minimum absolute atomic E-state index is 0.167. The molecule has 17 heavy (non-hydrogen) atoms. The number of likely N-dealkylation sites (tertiary alicyclic amines) is 1. The first-order valence-electron chi connectivity index (χ1n) is 6.83. The molecule has 1 aliphatic heterocycles. The Morgan fingerprint density at radius 1 is 1.41 bits per heavy atom. The monoisotopic (exact) mass is 241 g/mol. The molecule has 1 heterocycles. The van der Waals surface area contributed by atoms with Crippen LogP contribution in [0.4, 0.5) is 0 Å². The van der Waals surface area contributed by atoms with Gasteiger partial charge in [-0.3, -0.25) is 4.79 Å². The molecule has 1 rings (SSSR count). The Bertz CT molecular complexity index is 233. The lowest BCUT2D eigenvalue weighted by Gasteiger charge is -2.35. The first kappa shape index (κ1) is 14.5. The van der Waals surface area contributed by atoms with Crippen molar-refractivity contribution in [3.05, 3.63) is 0 Å². The van der Waals surface area contributed by atoms with E-state index in [1.807, 2.05) is 0 Å². The minimum Gasteiger partial charge on any atom is -0.356 e. The highest BCUT2D eigenvalue weighted by atomic mass is 16.1. The number of nitrogens with one attached hydrogen (secondary N) is 2. The van der Waals surface area contributed by atoms with Gasteiger partial charge in [0.2, 0.25) is 5.91 Å². The second-order valence-electron chi connectivity index (χ2n) is 5.11. The van der Waals surface area contributed by atoms with E-state index < -0.39 is 0 Å². The molecule has 0 aliphatic carbocycles. The second-order valence-corrected chi connectivity index (χ2v) is 5.11. The van der Waals surface area contributed by atoms with Crippen LogP contribution in [0, 0.1) is 0 Å². The van der Waals surface area contributed by atoms with Crippen molar-refractivity contribution in [2.45, 2.75) is 51.6 Å². The third-order valence-electron chi connectivity index (χ3n) is 3.57. The molecular formula is C13H27N3O. The molecule has 0 aromatic rings. The van der Waals surface area contributed by atoms with Crippen LogP contribution in [-0.2, 0) is 4.79 Å². The van der Waals surface area contributed by atoms with Crippen LogP contribution in [-0.4, -0.2) is 49.6 Å². The van der Waals surface area contributed by atoms with Gasteiger partial charge in [-0.1, -0.05) is 6.92 Å². The number of nitrogens with zero attached hydrogens (tertiary/aromatic N) is 1. The standard InChI is InChI=1S/C13H27N3O/c1-4-7-15-13(17)5-8-14-12-6-9-16(3)11(2)10-12/h11-12,14H,4-10H2,1-3H3,(H,15,17). The van der Waals surface area contributed by atoms with Crippen molar-refractivity contribution in [2.75, 3.05) is 26.7 Å². The third kappa shape index (κ3) is 5.50. The summed E-state index contributed by atoms with van der Waals surface area (Å²) in [7, 11) is 2.18. The van der Waals surface area contributed by atoms with Gasteiger partial charge in [-0.25, -0.2) is 0 Å². The van der Waals surface area contributed by atoms with Crippen LogP contribution in [0.25, 0.3) is 0 Å². The molecule has 0 spiro atoms. The lowest BCUT2D eigenvalue weighted by Crippen LogP contribution is -2.46. The topological polar surface area (TPSA) is 44.4 Å². The van der Waals surface area contributed by atoms with Crippen molar-refractivity contribution in [3.63, 3.8) is 0 Å². The summed E-state index contributed by atoms with van der Waals surface area (Å²) in [5.74, 6) is 0.167. The molecule has 4 nitrogen and oxygen atoms in total. The smallest absolute Gasteiger partial charge is 0.221 e. The van der Waals surface area contributed by atoms with Gasteiger partial charge in [0.15, 0.2) is 0 Å². The molecule has 2 N–H and O–H groups in total. The fraction of sp³-hybridized carbons (Fsp3) is 0.923. The summed E-state index contributed by atoms with van der Waals surface area (Å²) in [6.45, 7) is 7.09. The average molecular weight is 241 g/mol. The van der Waals surface area contributed by atoms with E-state index in [1.54, 1.807) is 0 Å². The molecule has 0 radical (unpaired) electrons. The second kappa shape index (κ2) is 7.67. The van der Waals surface area contributed by atoms with Gasteiger partial charge in [0.25, 0.3) is 0 Å². The van der Waals surface area contributed by atoms with Crippen LogP contribution in [0.5, 0.6) is 0 Å². The van der Waals surface area contributed by atoms with Crippen molar-refractivity contribution in [1.82, 2.24) is 15.5 Å². The van der Waals surface area contributed by atoms with Crippen LogP contribution in [0.15, 0.2) is 0 Å². The van der Waals surface area contributed by atoms with E-state index in [9.17, 15) is 4.79 Å². The lowest BCUT2D eigenvalue weighted by atomic mass is 9.99. The number of rotatable bonds is 6. The molecule has 1 aliphatic rings. The largest absolute Gasteiger partial charge is 0.356 e. The Balaban J connectivity index is 2.08. The quantitative estimate of drug-likeness (QED) is 0.728. The first-order chi connectivity index (χ1) is 8.13. The summed E-state index contributed by atoms with van der Waals surface area (Å²) < 4.78 is 0. The summed E-state index contributed by atoms with van der Waals surface area (Å²) in [6.07, 6.45) is 3.98. The van der Waals surface area contributed by atoms with Gasteiger partial charge in [0, 0.05) is 31.6 Å². The molecule has 2 unspecified atom stereocenters. The van der Waals surface area contributed by atoms with Gasteiger partial charge in [0.1, 0.15) is 0 Å². The molecule has 1 saturated heterocycles. The number of hydrogen-bond donors (Lipinski definition) is 2. The van der Waals surface area contributed by atoms with E-state index in [4.69, 9.17) is 0 Å². The molecule has 0 aromatic carbocycles. The zero-order chi connectivity index (χ0) is 12.7. The predicted molar refractivity (Wildman–Crippen MR) is 71.0 cm³/mol. The van der Waals surface area contributed by atoms with Crippen molar-refractivity contribution >= 4 is 5.91 Å². The Morgan fingerprint density at radius 3 is 2.82 bits per heavy atom. The molecule has 1 amide bonds. The zero-order valence-corrected chi connectivity index (χ0v) is 11.5. The minimum atomic E-state index is 0.167. The molecule has 4 heteroatoms. The molecular weight excluding hydrogens is 214 g/mol. The Morgan fingerprint density at radius 2 is 2.18 bits per heavy atom. The SMILES string of the molecule is CCCNC(=O)CCNC1CCN(C)C(C)C1. The van der Waals surface area contributed by atoms with Crippen LogP contribution in [0.3, 0.4) is 0 Å². The maximum Gasteiger partial charge on any atom is 0.221 e. The van der Waals surface area contributed by atoms with Gasteiger partial charge in [-0.2, -0.15) is 0 Å². The zero-order valence-electron chi connectivity index (χ0n) is 11.5. The molecule has 1 fully saturated rings. The van der Waals surface area contributed by atoms with Crippen LogP contribution in [0.1, 0.15) is 39.5 Å². The van der Waals surface area contributed by atoms with Gasteiger partial charge < -0.3 is 15.5 Å². The van der Waals surface area contributed by atoms with Crippen LogP contribution >= 0.6 is 0 Å². The van der Waals surface area contributed by atoms with E-state index >= 15 is 0 Å². The summed E-state index contributed by atoms with van der Waals surface area (Å²) >= 11 is 0. The van der Waals surface area contributed by atoms with E-state index in [1.165, 1.54) is 12.8 Å². The third-order valence-corrected chi connectivity index (χ3v) is 3.57. The van der Waals surface area contributed by atoms with Gasteiger partial charge in [-0.15, -0.1) is 0 Å². The number of carbonyl (C=O) groups is 1. The highest BCUT2D eigenvalue weighted by molar-refractivity contribution is 5.75. The fourth-order valence-electron chi connectivity index (χ4n) is 2.22. The van der Waals surface area contributed by atoms with Crippen molar-refractivity contribution in [3.8, 4) is 0 Å². The molecule has 2 atom stereocenters. The first-order valence-corrected chi connectivity index (χ1v) is 6.83.